The van der Waals surface area contributed by atoms with E-state index < -0.39 is 41.5 Å². The minimum absolute atomic E-state index is 0.203. The Morgan fingerprint density at radius 3 is 2.73 bits per heavy atom. The molecule has 5 heterocycles. The van der Waals surface area contributed by atoms with Crippen molar-refractivity contribution in [3.05, 3.63) is 35.3 Å². The largest absolute Gasteiger partial charge is 0.462 e. The van der Waals surface area contributed by atoms with Gasteiger partial charge in [0.15, 0.2) is 6.29 Å². The Labute approximate surface area is 173 Å². The lowest BCUT2D eigenvalue weighted by Crippen LogP contribution is -2.42. The number of epoxide rings is 2. The molecule has 5 rings (SSSR count). The molecule has 0 aliphatic carbocycles. The molecule has 3 saturated heterocycles. The quantitative estimate of drug-likeness (QED) is 0.320. The van der Waals surface area contributed by atoms with E-state index in [1.165, 1.54) is 6.92 Å². The second-order valence-electron chi connectivity index (χ2n) is 9.02. The van der Waals surface area contributed by atoms with E-state index in [4.69, 9.17) is 23.4 Å². The number of hydrogen-bond donors (Lipinski definition) is 0. The highest BCUT2D eigenvalue weighted by atomic mass is 16.7. The molecule has 0 spiro atoms. The fourth-order valence-corrected chi connectivity index (χ4v) is 4.98. The van der Waals surface area contributed by atoms with Crippen molar-refractivity contribution in [3.63, 3.8) is 0 Å². The SMILES string of the molecule is C=C(C)[C@@H]1Cc2oc(cc2C=O)[C@@H]2O[C@]2(C)C[C@H]2OC(=O)[C@]3(O[C@H]23)[C@@H](OC(C)=O)C1. The molecule has 4 aliphatic heterocycles. The van der Waals surface area contributed by atoms with Crippen molar-refractivity contribution in [2.75, 3.05) is 0 Å². The van der Waals surface area contributed by atoms with E-state index in [1.54, 1.807) is 6.07 Å². The van der Waals surface area contributed by atoms with Gasteiger partial charge in [-0.3, -0.25) is 9.59 Å². The molecule has 160 valence electrons. The third-order valence-electron chi connectivity index (χ3n) is 6.75. The predicted molar refractivity (Wildman–Crippen MR) is 101 cm³/mol. The minimum Gasteiger partial charge on any atom is -0.462 e. The van der Waals surface area contributed by atoms with E-state index in [2.05, 4.69) is 6.58 Å². The maximum Gasteiger partial charge on any atom is 0.345 e. The van der Waals surface area contributed by atoms with Crippen LogP contribution in [0.5, 0.6) is 0 Å². The lowest BCUT2D eigenvalue weighted by atomic mass is 9.83. The third-order valence-corrected chi connectivity index (χ3v) is 6.75. The lowest BCUT2D eigenvalue weighted by molar-refractivity contribution is -0.165. The standard InChI is InChI=1S/C22H24O8/c1-10(2)12-5-14-13(9-23)6-15(27-14)18-21(4,29-18)8-16-19-22(30-19,20(25)28-16)17(7-12)26-11(3)24/h6,9,12,16-19H,1,5,7-8H2,2-4H3/t12-,16-,17+,18+,19-,21-,22+/m1/s1. The molecule has 1 aromatic rings. The van der Waals surface area contributed by atoms with E-state index in [-0.39, 0.29) is 12.0 Å². The maximum atomic E-state index is 12.8. The first kappa shape index (κ1) is 19.5. The highest BCUT2D eigenvalue weighted by molar-refractivity contribution is 5.88. The number of carbonyl (C=O) groups excluding carboxylic acids is 3. The average Bonchev–Trinajstić information content (AvgIpc) is 3.49. The third kappa shape index (κ3) is 2.77. The smallest absolute Gasteiger partial charge is 0.345 e. The van der Waals surface area contributed by atoms with Crippen LogP contribution < -0.4 is 0 Å². The first-order valence-corrected chi connectivity index (χ1v) is 10.1. The molecule has 0 aromatic carbocycles. The van der Waals surface area contributed by atoms with Crippen LogP contribution in [0.4, 0.5) is 0 Å². The van der Waals surface area contributed by atoms with Crippen LogP contribution in [0, 0.1) is 5.92 Å². The van der Waals surface area contributed by atoms with Gasteiger partial charge in [0.25, 0.3) is 0 Å². The number of hydrogen-bond acceptors (Lipinski definition) is 8. The number of rotatable bonds is 3. The van der Waals surface area contributed by atoms with Crippen LogP contribution in [0.1, 0.15) is 61.6 Å². The Morgan fingerprint density at radius 1 is 1.33 bits per heavy atom. The number of ether oxygens (including phenoxy) is 4. The summed E-state index contributed by atoms with van der Waals surface area (Å²) in [7, 11) is 0. The van der Waals surface area contributed by atoms with Gasteiger partial charge in [0, 0.05) is 19.8 Å². The topological polar surface area (TPSA) is 108 Å². The molecule has 4 bridgehead atoms. The molecule has 4 aliphatic rings. The summed E-state index contributed by atoms with van der Waals surface area (Å²) < 4.78 is 29.0. The predicted octanol–water partition coefficient (Wildman–Crippen LogP) is 2.45. The molecule has 0 saturated carbocycles. The first-order chi connectivity index (χ1) is 14.2. The number of allylic oxidation sites excluding steroid dienone is 1. The van der Waals surface area contributed by atoms with Crippen LogP contribution in [0.3, 0.4) is 0 Å². The normalized spacial score (nSPS) is 41.2. The van der Waals surface area contributed by atoms with E-state index in [9.17, 15) is 14.4 Å². The van der Waals surface area contributed by atoms with Gasteiger partial charge in [-0.05, 0) is 32.3 Å². The van der Waals surface area contributed by atoms with E-state index in [0.717, 1.165) is 11.9 Å². The molecule has 0 N–H and O–H groups in total. The summed E-state index contributed by atoms with van der Waals surface area (Å²) in [6.07, 6.45) is -0.277. The molecule has 30 heavy (non-hydrogen) atoms. The van der Waals surface area contributed by atoms with Gasteiger partial charge in [0.1, 0.15) is 41.5 Å². The second kappa shape index (κ2) is 6.28. The molecule has 1 aromatic heterocycles. The molecule has 0 radical (unpaired) electrons. The average molecular weight is 416 g/mol. The van der Waals surface area contributed by atoms with Crippen molar-refractivity contribution in [1.29, 1.82) is 0 Å². The summed E-state index contributed by atoms with van der Waals surface area (Å²) >= 11 is 0. The monoisotopic (exact) mass is 416 g/mol. The van der Waals surface area contributed by atoms with Crippen molar-refractivity contribution in [2.24, 2.45) is 5.92 Å². The van der Waals surface area contributed by atoms with E-state index in [1.807, 2.05) is 13.8 Å². The Bertz CT molecular complexity index is 962. The molecular formula is C22H24O8. The summed E-state index contributed by atoms with van der Waals surface area (Å²) in [5.41, 5.74) is -0.606. The summed E-state index contributed by atoms with van der Waals surface area (Å²) in [5, 5.41) is 0. The van der Waals surface area contributed by atoms with Crippen molar-refractivity contribution >= 4 is 18.2 Å². The van der Waals surface area contributed by atoms with Gasteiger partial charge in [-0.2, -0.15) is 0 Å². The zero-order valence-corrected chi connectivity index (χ0v) is 17.1. The molecular weight excluding hydrogens is 392 g/mol. The van der Waals surface area contributed by atoms with Crippen molar-refractivity contribution in [1.82, 2.24) is 0 Å². The van der Waals surface area contributed by atoms with E-state index >= 15 is 0 Å². The van der Waals surface area contributed by atoms with Crippen molar-refractivity contribution in [3.8, 4) is 0 Å². The number of esters is 2. The van der Waals surface area contributed by atoms with Gasteiger partial charge >= 0.3 is 11.9 Å². The Hall–Kier alpha value is -2.45. The summed E-state index contributed by atoms with van der Waals surface area (Å²) in [4.78, 5) is 36.3. The molecule has 8 heteroatoms. The first-order valence-electron chi connectivity index (χ1n) is 10.1. The van der Waals surface area contributed by atoms with Gasteiger partial charge in [-0.25, -0.2) is 4.79 Å². The summed E-state index contributed by atoms with van der Waals surface area (Å²) in [5.74, 6) is -0.0990. The zero-order valence-electron chi connectivity index (χ0n) is 17.1. The van der Waals surface area contributed by atoms with Crippen molar-refractivity contribution in [2.45, 2.75) is 75.7 Å². The minimum atomic E-state index is -1.29. The van der Waals surface area contributed by atoms with Gasteiger partial charge in [-0.1, -0.05) is 12.2 Å². The number of fused-ring (bicyclic) bond motifs is 4. The highest BCUT2D eigenvalue weighted by Crippen LogP contribution is 2.59. The molecule has 8 nitrogen and oxygen atoms in total. The van der Waals surface area contributed by atoms with Crippen LogP contribution >= 0.6 is 0 Å². The van der Waals surface area contributed by atoms with Gasteiger partial charge in [0.05, 0.1) is 5.56 Å². The summed E-state index contributed by atoms with van der Waals surface area (Å²) in [6.45, 7) is 9.13. The van der Waals surface area contributed by atoms with Crippen LogP contribution in [0.15, 0.2) is 22.6 Å². The van der Waals surface area contributed by atoms with Crippen molar-refractivity contribution < 1.29 is 37.7 Å². The van der Waals surface area contributed by atoms with Crippen LogP contribution in [-0.2, 0) is 35.0 Å². The second-order valence-corrected chi connectivity index (χ2v) is 9.02. The van der Waals surface area contributed by atoms with Gasteiger partial charge in [0.2, 0.25) is 5.60 Å². The fraction of sp³-hybridized carbons (Fsp3) is 0.591. The van der Waals surface area contributed by atoms with Crippen LogP contribution in [-0.4, -0.2) is 47.7 Å². The summed E-state index contributed by atoms with van der Waals surface area (Å²) in [6, 6.07) is 1.71. The number of carbonyl (C=O) groups is 3. The Morgan fingerprint density at radius 2 is 2.10 bits per heavy atom. The highest BCUT2D eigenvalue weighted by Gasteiger charge is 2.79. The Balaban J connectivity index is 1.57. The molecule has 3 fully saturated rings. The van der Waals surface area contributed by atoms with Crippen LogP contribution in [0.25, 0.3) is 0 Å². The molecule has 0 amide bonds. The Kier molecular flexibility index (Phi) is 4.08. The lowest BCUT2D eigenvalue weighted by Gasteiger charge is -2.26. The fourth-order valence-electron chi connectivity index (χ4n) is 4.98. The zero-order chi connectivity index (χ0) is 21.4. The van der Waals surface area contributed by atoms with Crippen LogP contribution in [0.2, 0.25) is 0 Å². The number of aldehydes is 1. The maximum absolute atomic E-state index is 12.8. The van der Waals surface area contributed by atoms with E-state index in [0.29, 0.717) is 36.3 Å². The number of furan rings is 1. The van der Waals surface area contributed by atoms with Gasteiger partial charge < -0.3 is 23.4 Å². The molecule has 7 atom stereocenters. The van der Waals surface area contributed by atoms with Gasteiger partial charge in [-0.15, -0.1) is 0 Å². The molecule has 0 unspecified atom stereocenters.